The zero-order valence-corrected chi connectivity index (χ0v) is 21.7. The van der Waals surface area contributed by atoms with E-state index in [1.165, 1.54) is 26.5 Å². The Morgan fingerprint density at radius 3 is 2.26 bits per heavy atom. The highest BCUT2D eigenvalue weighted by atomic mass is 32.2. The van der Waals surface area contributed by atoms with Crippen LogP contribution in [0.1, 0.15) is 35.4 Å². The highest BCUT2D eigenvalue weighted by Gasteiger charge is 2.22. The molecule has 5 nitrogen and oxygen atoms in total. The number of carbonyl (C=O) groups excluding carboxylic acids is 1. The lowest BCUT2D eigenvalue weighted by molar-refractivity contribution is -0.116. The molecule has 1 aliphatic heterocycles. The van der Waals surface area contributed by atoms with Gasteiger partial charge in [-0.2, -0.15) is 0 Å². The lowest BCUT2D eigenvalue weighted by Gasteiger charge is -2.33. The maximum absolute atomic E-state index is 11.3. The highest BCUT2D eigenvalue weighted by molar-refractivity contribution is 7.99. The maximum Gasteiger partial charge on any atom is 0.236 e. The zero-order valence-electron chi connectivity index (χ0n) is 20.9. The van der Waals surface area contributed by atoms with E-state index in [2.05, 4.69) is 66.4 Å². The minimum atomic E-state index is -0.310. The first-order valence-corrected chi connectivity index (χ1v) is 13.0. The molecule has 0 saturated carbocycles. The summed E-state index contributed by atoms with van der Waals surface area (Å²) in [5.74, 6) is 1.12. The van der Waals surface area contributed by atoms with Crippen LogP contribution in [0.4, 0.5) is 5.69 Å². The first-order chi connectivity index (χ1) is 16.9. The van der Waals surface area contributed by atoms with Crippen molar-refractivity contribution in [3.63, 3.8) is 0 Å². The van der Waals surface area contributed by atoms with Crippen molar-refractivity contribution in [2.45, 2.75) is 42.0 Å². The van der Waals surface area contributed by atoms with Crippen molar-refractivity contribution in [3.8, 4) is 5.75 Å². The molecule has 3 aromatic rings. The van der Waals surface area contributed by atoms with Gasteiger partial charge in [-0.05, 0) is 104 Å². The largest absolute Gasteiger partial charge is 0.497 e. The average molecular weight is 490 g/mol. The first kappa shape index (κ1) is 25.1. The van der Waals surface area contributed by atoms with Gasteiger partial charge in [0.1, 0.15) is 5.75 Å². The molecule has 1 heterocycles. The Balaban J connectivity index is 1.31. The molecule has 1 fully saturated rings. The van der Waals surface area contributed by atoms with Crippen LogP contribution in [-0.4, -0.2) is 44.6 Å². The van der Waals surface area contributed by atoms with Crippen LogP contribution < -0.4 is 15.4 Å². The van der Waals surface area contributed by atoms with E-state index in [1.54, 1.807) is 18.9 Å². The number of hydrogen-bond acceptors (Lipinski definition) is 5. The van der Waals surface area contributed by atoms with E-state index in [9.17, 15) is 4.79 Å². The summed E-state index contributed by atoms with van der Waals surface area (Å²) >= 11 is 1.77. The van der Waals surface area contributed by atoms with Gasteiger partial charge >= 0.3 is 0 Å². The molecule has 0 unspecified atom stereocenters. The quantitative estimate of drug-likeness (QED) is 0.433. The molecule has 1 amide bonds. The Hall–Kier alpha value is -2.96. The SMILES string of the molecule is COc1ccc(Sc2ccc(CN3CCC(c4cc(N(C)CC(N)=O)ccc4C)CC3)cc2)cc1. The van der Waals surface area contributed by atoms with Crippen LogP contribution >= 0.6 is 11.8 Å². The fourth-order valence-electron chi connectivity index (χ4n) is 4.73. The number of anilines is 1. The van der Waals surface area contributed by atoms with Crippen molar-refractivity contribution >= 4 is 23.4 Å². The Morgan fingerprint density at radius 2 is 1.66 bits per heavy atom. The number of aryl methyl sites for hydroxylation is 1. The number of nitrogens with two attached hydrogens (primary N) is 1. The van der Waals surface area contributed by atoms with E-state index in [-0.39, 0.29) is 12.5 Å². The topological polar surface area (TPSA) is 58.8 Å². The summed E-state index contributed by atoms with van der Waals surface area (Å²) in [7, 11) is 3.61. The number of ether oxygens (including phenoxy) is 1. The number of nitrogens with zero attached hydrogens (tertiary/aromatic N) is 2. The Morgan fingerprint density at radius 1 is 1.03 bits per heavy atom. The number of likely N-dealkylation sites (tertiary alicyclic amines) is 1. The van der Waals surface area contributed by atoms with Crippen LogP contribution in [-0.2, 0) is 11.3 Å². The molecule has 0 bridgehead atoms. The molecule has 0 spiro atoms. The molecular weight excluding hydrogens is 454 g/mol. The third-order valence-corrected chi connectivity index (χ3v) is 7.76. The van der Waals surface area contributed by atoms with Crippen LogP contribution in [0.5, 0.6) is 5.75 Å². The summed E-state index contributed by atoms with van der Waals surface area (Å²) in [5.41, 5.74) is 10.5. The van der Waals surface area contributed by atoms with Gasteiger partial charge in [0.05, 0.1) is 13.7 Å². The molecule has 3 aromatic carbocycles. The van der Waals surface area contributed by atoms with Gasteiger partial charge in [0.2, 0.25) is 5.91 Å². The molecule has 0 aromatic heterocycles. The molecule has 1 saturated heterocycles. The van der Waals surface area contributed by atoms with E-state index in [0.717, 1.165) is 43.9 Å². The number of methoxy groups -OCH3 is 1. The predicted molar refractivity (Wildman–Crippen MR) is 144 cm³/mol. The maximum atomic E-state index is 11.3. The van der Waals surface area contributed by atoms with E-state index in [0.29, 0.717) is 5.92 Å². The van der Waals surface area contributed by atoms with Gasteiger partial charge in [-0.25, -0.2) is 0 Å². The summed E-state index contributed by atoms with van der Waals surface area (Å²) in [6, 6.07) is 23.6. The molecule has 184 valence electrons. The molecular formula is C29H35N3O2S. The van der Waals surface area contributed by atoms with Crippen LogP contribution in [0.3, 0.4) is 0 Å². The summed E-state index contributed by atoms with van der Waals surface area (Å²) in [5, 5.41) is 0. The summed E-state index contributed by atoms with van der Waals surface area (Å²) < 4.78 is 5.24. The van der Waals surface area contributed by atoms with Gasteiger partial charge in [0.15, 0.2) is 0 Å². The number of benzene rings is 3. The second-order valence-corrected chi connectivity index (χ2v) is 10.5. The van der Waals surface area contributed by atoms with Gasteiger partial charge in [-0.1, -0.05) is 30.0 Å². The fraction of sp³-hybridized carbons (Fsp3) is 0.345. The molecule has 35 heavy (non-hydrogen) atoms. The van der Waals surface area contributed by atoms with E-state index < -0.39 is 0 Å². The van der Waals surface area contributed by atoms with Gasteiger partial charge in [-0.3, -0.25) is 9.69 Å². The minimum absolute atomic E-state index is 0.234. The Labute approximate surface area is 213 Å². The van der Waals surface area contributed by atoms with E-state index in [4.69, 9.17) is 10.5 Å². The smallest absolute Gasteiger partial charge is 0.236 e. The predicted octanol–water partition coefficient (Wildman–Crippen LogP) is 5.46. The third-order valence-electron chi connectivity index (χ3n) is 6.75. The second kappa shape index (κ2) is 11.6. The molecule has 2 N–H and O–H groups in total. The molecule has 0 radical (unpaired) electrons. The summed E-state index contributed by atoms with van der Waals surface area (Å²) in [6.07, 6.45) is 2.30. The summed E-state index contributed by atoms with van der Waals surface area (Å²) in [4.78, 5) is 18.3. The van der Waals surface area contributed by atoms with Crippen molar-refractivity contribution in [1.82, 2.24) is 4.90 Å². The van der Waals surface area contributed by atoms with Gasteiger partial charge in [0, 0.05) is 29.1 Å². The van der Waals surface area contributed by atoms with Crippen LogP contribution in [0, 0.1) is 6.92 Å². The number of piperidine rings is 1. The zero-order chi connectivity index (χ0) is 24.8. The molecule has 4 rings (SSSR count). The molecule has 0 atom stereocenters. The second-order valence-electron chi connectivity index (χ2n) is 9.34. The van der Waals surface area contributed by atoms with E-state index >= 15 is 0 Å². The number of rotatable bonds is 9. The number of amides is 1. The number of hydrogen-bond donors (Lipinski definition) is 1. The third kappa shape index (κ3) is 6.80. The average Bonchev–Trinajstić information content (AvgIpc) is 2.86. The normalized spacial score (nSPS) is 14.6. The van der Waals surface area contributed by atoms with E-state index in [1.807, 2.05) is 24.1 Å². The van der Waals surface area contributed by atoms with Crippen LogP contribution in [0.2, 0.25) is 0 Å². The lowest BCUT2D eigenvalue weighted by Crippen LogP contribution is -2.33. The molecule has 6 heteroatoms. The number of carbonyl (C=O) groups is 1. The van der Waals surface area contributed by atoms with Crippen LogP contribution in [0.25, 0.3) is 0 Å². The Kier molecular flexibility index (Phi) is 8.37. The van der Waals surface area contributed by atoms with Crippen molar-refractivity contribution < 1.29 is 9.53 Å². The van der Waals surface area contributed by atoms with Crippen molar-refractivity contribution in [2.24, 2.45) is 5.73 Å². The first-order valence-electron chi connectivity index (χ1n) is 12.1. The summed E-state index contributed by atoms with van der Waals surface area (Å²) in [6.45, 7) is 5.59. The monoisotopic (exact) mass is 489 g/mol. The van der Waals surface area contributed by atoms with Crippen LogP contribution in [0.15, 0.2) is 76.5 Å². The molecule has 1 aliphatic rings. The van der Waals surface area contributed by atoms with Gasteiger partial charge in [0.25, 0.3) is 0 Å². The van der Waals surface area contributed by atoms with Crippen molar-refractivity contribution in [1.29, 1.82) is 0 Å². The standard InChI is InChI=1S/C29H35N3O2S/c1-21-4-7-24(31(2)20-29(30)33)18-28(21)23-14-16-32(17-15-23)19-22-5-10-26(11-6-22)35-27-12-8-25(34-3)9-13-27/h4-13,18,23H,14-17,19-20H2,1-3H3,(H2,30,33). The number of likely N-dealkylation sites (N-methyl/N-ethyl adjacent to an activating group) is 1. The fourth-order valence-corrected chi connectivity index (χ4v) is 5.55. The number of primary amides is 1. The minimum Gasteiger partial charge on any atom is -0.497 e. The Bertz CT molecular complexity index is 1120. The lowest BCUT2D eigenvalue weighted by atomic mass is 9.86. The van der Waals surface area contributed by atoms with Gasteiger partial charge in [-0.15, -0.1) is 0 Å². The van der Waals surface area contributed by atoms with Gasteiger partial charge < -0.3 is 15.4 Å². The van der Waals surface area contributed by atoms with Crippen molar-refractivity contribution in [2.75, 3.05) is 38.7 Å². The molecule has 0 aliphatic carbocycles. The highest BCUT2D eigenvalue weighted by Crippen LogP contribution is 2.34. The van der Waals surface area contributed by atoms with Crippen molar-refractivity contribution in [3.05, 3.63) is 83.4 Å².